The Hall–Kier alpha value is -2.62. The maximum absolute atomic E-state index is 12.4. The molecular weight excluding hydrogens is 322 g/mol. The van der Waals surface area contributed by atoms with Gasteiger partial charge in [0.15, 0.2) is 0 Å². The van der Waals surface area contributed by atoms with E-state index in [-0.39, 0.29) is 5.91 Å². The van der Waals surface area contributed by atoms with Gasteiger partial charge in [0.2, 0.25) is 5.91 Å². The molecule has 0 aliphatic carbocycles. The van der Waals surface area contributed by atoms with Gasteiger partial charge in [0, 0.05) is 24.3 Å². The van der Waals surface area contributed by atoms with Crippen molar-refractivity contribution in [3.63, 3.8) is 0 Å². The zero-order chi connectivity index (χ0) is 18.7. The molecule has 1 heterocycles. The van der Waals surface area contributed by atoms with Crippen LogP contribution in [0.2, 0.25) is 0 Å². The van der Waals surface area contributed by atoms with Gasteiger partial charge < -0.3 is 5.32 Å². The number of benzene rings is 2. The number of rotatable bonds is 6. The van der Waals surface area contributed by atoms with Crippen molar-refractivity contribution in [3.05, 3.63) is 65.0 Å². The Morgan fingerprint density at radius 2 is 1.85 bits per heavy atom. The highest BCUT2D eigenvalue weighted by Gasteiger charge is 2.15. The minimum atomic E-state index is 0.0356. The van der Waals surface area contributed by atoms with E-state index in [1.165, 1.54) is 10.8 Å². The van der Waals surface area contributed by atoms with E-state index in [2.05, 4.69) is 54.6 Å². The Balaban J connectivity index is 1.64. The Labute approximate surface area is 155 Å². The van der Waals surface area contributed by atoms with Crippen LogP contribution in [0.3, 0.4) is 0 Å². The number of aryl methyl sites for hydroxylation is 1. The highest BCUT2D eigenvalue weighted by molar-refractivity contribution is 5.83. The van der Waals surface area contributed by atoms with E-state index in [1.807, 2.05) is 30.7 Å². The van der Waals surface area contributed by atoms with Crippen LogP contribution in [0.5, 0.6) is 0 Å². The van der Waals surface area contributed by atoms with Crippen molar-refractivity contribution in [1.29, 1.82) is 0 Å². The van der Waals surface area contributed by atoms with Crippen molar-refractivity contribution in [2.45, 2.75) is 47.2 Å². The van der Waals surface area contributed by atoms with Gasteiger partial charge in [-0.3, -0.25) is 9.48 Å². The number of hydrogen-bond donors (Lipinski definition) is 1. The maximum Gasteiger partial charge on any atom is 0.224 e. The van der Waals surface area contributed by atoms with E-state index >= 15 is 0 Å². The molecule has 1 aromatic heterocycles. The van der Waals surface area contributed by atoms with Gasteiger partial charge >= 0.3 is 0 Å². The standard InChI is InChI=1S/C22H27N3O/c1-15(2)14-25-17(4)21(16(3)24-25)12-22(26)23-13-18-9-10-19-7-5-6-8-20(19)11-18/h5-11,15H,12-14H2,1-4H3,(H,23,26). The molecule has 4 heteroatoms. The second-order valence-corrected chi connectivity index (χ2v) is 7.36. The summed E-state index contributed by atoms with van der Waals surface area (Å²) in [5.41, 5.74) is 4.20. The summed E-state index contributed by atoms with van der Waals surface area (Å²) >= 11 is 0. The number of amides is 1. The van der Waals surface area contributed by atoms with Gasteiger partial charge in [0.05, 0.1) is 12.1 Å². The van der Waals surface area contributed by atoms with E-state index < -0.39 is 0 Å². The van der Waals surface area contributed by atoms with Crippen molar-refractivity contribution >= 4 is 16.7 Å². The molecule has 0 aliphatic rings. The van der Waals surface area contributed by atoms with Crippen LogP contribution in [0.25, 0.3) is 10.8 Å². The lowest BCUT2D eigenvalue weighted by Crippen LogP contribution is -2.25. The molecule has 3 rings (SSSR count). The minimum Gasteiger partial charge on any atom is -0.352 e. The van der Waals surface area contributed by atoms with E-state index in [4.69, 9.17) is 0 Å². The van der Waals surface area contributed by atoms with Crippen molar-refractivity contribution < 1.29 is 4.79 Å². The van der Waals surface area contributed by atoms with E-state index in [0.717, 1.165) is 29.1 Å². The Kier molecular flexibility index (Phi) is 5.40. The topological polar surface area (TPSA) is 46.9 Å². The summed E-state index contributed by atoms with van der Waals surface area (Å²) < 4.78 is 2.02. The van der Waals surface area contributed by atoms with Crippen molar-refractivity contribution in [2.24, 2.45) is 5.92 Å². The van der Waals surface area contributed by atoms with Gasteiger partial charge in [-0.15, -0.1) is 0 Å². The zero-order valence-electron chi connectivity index (χ0n) is 16.0. The van der Waals surface area contributed by atoms with Crippen LogP contribution in [0.1, 0.15) is 36.4 Å². The summed E-state index contributed by atoms with van der Waals surface area (Å²) in [6.45, 7) is 9.80. The Morgan fingerprint density at radius 3 is 2.58 bits per heavy atom. The molecular formula is C22H27N3O. The molecule has 0 aliphatic heterocycles. The first-order valence-corrected chi connectivity index (χ1v) is 9.21. The van der Waals surface area contributed by atoms with Crippen LogP contribution >= 0.6 is 0 Å². The normalized spacial score (nSPS) is 11.3. The number of fused-ring (bicyclic) bond motifs is 1. The summed E-state index contributed by atoms with van der Waals surface area (Å²) in [7, 11) is 0. The van der Waals surface area contributed by atoms with Crippen molar-refractivity contribution in [2.75, 3.05) is 0 Å². The van der Waals surface area contributed by atoms with Crippen LogP contribution in [0, 0.1) is 19.8 Å². The quantitative estimate of drug-likeness (QED) is 0.726. The molecule has 0 unspecified atom stereocenters. The first-order valence-electron chi connectivity index (χ1n) is 9.21. The summed E-state index contributed by atoms with van der Waals surface area (Å²) in [6.07, 6.45) is 0.378. The van der Waals surface area contributed by atoms with E-state index in [1.54, 1.807) is 0 Å². The van der Waals surface area contributed by atoms with Gasteiger partial charge in [0.25, 0.3) is 0 Å². The Morgan fingerprint density at radius 1 is 1.12 bits per heavy atom. The average molecular weight is 349 g/mol. The van der Waals surface area contributed by atoms with Gasteiger partial charge in [0.1, 0.15) is 0 Å². The van der Waals surface area contributed by atoms with Gasteiger partial charge in [-0.25, -0.2) is 0 Å². The van der Waals surface area contributed by atoms with Crippen LogP contribution in [0.15, 0.2) is 42.5 Å². The molecule has 1 N–H and O–H groups in total. The number of nitrogens with zero attached hydrogens (tertiary/aromatic N) is 2. The van der Waals surface area contributed by atoms with E-state index in [0.29, 0.717) is 18.9 Å². The monoisotopic (exact) mass is 349 g/mol. The molecule has 0 spiro atoms. The predicted molar refractivity (Wildman–Crippen MR) is 106 cm³/mol. The summed E-state index contributed by atoms with van der Waals surface area (Å²) in [6, 6.07) is 14.6. The summed E-state index contributed by atoms with van der Waals surface area (Å²) in [5, 5.41) is 10.0. The molecule has 3 aromatic rings. The third-order valence-electron chi connectivity index (χ3n) is 4.71. The molecule has 2 aromatic carbocycles. The third-order valence-corrected chi connectivity index (χ3v) is 4.71. The molecule has 0 atom stereocenters. The highest BCUT2D eigenvalue weighted by Crippen LogP contribution is 2.17. The fourth-order valence-electron chi connectivity index (χ4n) is 3.29. The fourth-order valence-corrected chi connectivity index (χ4v) is 3.29. The number of carbonyl (C=O) groups is 1. The number of carbonyl (C=O) groups excluding carboxylic acids is 1. The van der Waals surface area contributed by atoms with Crippen molar-refractivity contribution in [1.82, 2.24) is 15.1 Å². The second-order valence-electron chi connectivity index (χ2n) is 7.36. The van der Waals surface area contributed by atoms with E-state index in [9.17, 15) is 4.79 Å². The largest absolute Gasteiger partial charge is 0.352 e. The molecule has 1 amide bonds. The molecule has 0 bridgehead atoms. The smallest absolute Gasteiger partial charge is 0.224 e. The van der Waals surface area contributed by atoms with Gasteiger partial charge in [-0.1, -0.05) is 50.2 Å². The molecule has 4 nitrogen and oxygen atoms in total. The van der Waals surface area contributed by atoms with Crippen molar-refractivity contribution in [3.8, 4) is 0 Å². The lowest BCUT2D eigenvalue weighted by atomic mass is 10.1. The molecule has 136 valence electrons. The maximum atomic E-state index is 12.4. The third kappa shape index (κ3) is 4.13. The lowest BCUT2D eigenvalue weighted by Gasteiger charge is -2.09. The fraction of sp³-hybridized carbons (Fsp3) is 0.364. The highest BCUT2D eigenvalue weighted by atomic mass is 16.1. The number of hydrogen-bond acceptors (Lipinski definition) is 2. The molecule has 0 radical (unpaired) electrons. The number of nitrogens with one attached hydrogen (secondary N) is 1. The molecule has 0 saturated carbocycles. The SMILES string of the molecule is Cc1nn(CC(C)C)c(C)c1CC(=O)NCc1ccc2ccccc2c1. The molecule has 0 saturated heterocycles. The molecule has 0 fully saturated rings. The minimum absolute atomic E-state index is 0.0356. The molecule has 26 heavy (non-hydrogen) atoms. The summed E-state index contributed by atoms with van der Waals surface area (Å²) in [5.74, 6) is 0.566. The van der Waals surface area contributed by atoms with Gasteiger partial charge in [-0.2, -0.15) is 5.10 Å². The Bertz CT molecular complexity index is 924. The van der Waals surface area contributed by atoms with Crippen LogP contribution in [-0.2, 0) is 24.3 Å². The zero-order valence-corrected chi connectivity index (χ0v) is 16.0. The second kappa shape index (κ2) is 7.73. The van der Waals surface area contributed by atoms with Crippen LogP contribution in [0.4, 0.5) is 0 Å². The van der Waals surface area contributed by atoms with Gasteiger partial charge in [-0.05, 0) is 42.2 Å². The average Bonchev–Trinajstić information content (AvgIpc) is 2.86. The summed E-state index contributed by atoms with van der Waals surface area (Å²) in [4.78, 5) is 12.4. The first kappa shape index (κ1) is 18.2. The lowest BCUT2D eigenvalue weighted by molar-refractivity contribution is -0.120. The predicted octanol–water partition coefficient (Wildman–Crippen LogP) is 4.17. The first-order chi connectivity index (χ1) is 12.4. The van der Waals surface area contributed by atoms with Crippen LogP contribution in [-0.4, -0.2) is 15.7 Å². The van der Waals surface area contributed by atoms with Crippen LogP contribution < -0.4 is 5.32 Å². The number of aromatic nitrogens is 2.